The third-order valence-corrected chi connectivity index (χ3v) is 7.99. The maximum Gasteiger partial charge on any atom is 0.306 e. The Morgan fingerprint density at radius 3 is 1.63 bits per heavy atom. The Morgan fingerprint density at radius 2 is 1.15 bits per heavy atom. The molecular weight excluding hydrogens is 679 g/mol. The molecule has 6 N–H and O–H groups in total. The molecule has 0 radical (unpaired) electrons. The molecule has 4 rings (SSSR count). The smallest absolute Gasteiger partial charge is 0.306 e. The molecule has 2 heterocycles. The molecule has 0 amide bonds. The lowest BCUT2D eigenvalue weighted by atomic mass is 9.95. The molecule has 52 heavy (non-hydrogen) atoms. The Labute approximate surface area is 300 Å². The van der Waals surface area contributed by atoms with Crippen LogP contribution in [0.1, 0.15) is 40.7 Å². The number of carboxylic acid groups (broad SMARTS) is 2. The number of aromatic nitrogens is 2. The maximum atomic E-state index is 15.9. The van der Waals surface area contributed by atoms with Gasteiger partial charge in [-0.3, -0.25) is 9.59 Å². The second-order valence-electron chi connectivity index (χ2n) is 11.8. The fourth-order valence-electron chi connectivity index (χ4n) is 5.32. The summed E-state index contributed by atoms with van der Waals surface area (Å²) in [5.41, 5.74) is 4.39. The minimum absolute atomic E-state index is 0.0749. The first-order chi connectivity index (χ1) is 25.0. The van der Waals surface area contributed by atoms with Gasteiger partial charge in [0.05, 0.1) is 39.3 Å². The van der Waals surface area contributed by atoms with Gasteiger partial charge in [0.25, 0.3) is 0 Å². The number of nitrogens with one attached hydrogen (secondary N) is 2. The summed E-state index contributed by atoms with van der Waals surface area (Å²) in [5, 5.41) is 43.1. The van der Waals surface area contributed by atoms with Crippen LogP contribution in [0, 0.1) is 12.7 Å². The van der Waals surface area contributed by atoms with E-state index < -0.39 is 30.0 Å². The van der Waals surface area contributed by atoms with Crippen LogP contribution in [-0.4, -0.2) is 81.8 Å². The number of methoxy groups -OCH3 is 2. The van der Waals surface area contributed by atoms with Crippen molar-refractivity contribution in [1.29, 1.82) is 0 Å². The van der Waals surface area contributed by atoms with Gasteiger partial charge >= 0.3 is 11.9 Å². The Bertz CT molecular complexity index is 1690. The molecule has 2 aromatic carbocycles. The summed E-state index contributed by atoms with van der Waals surface area (Å²) in [7, 11) is 2.92. The molecule has 0 aliphatic rings. The first-order valence-electron chi connectivity index (χ1n) is 16.4. The monoisotopic (exact) mass is 722 g/mol. The van der Waals surface area contributed by atoms with E-state index in [-0.39, 0.29) is 57.4 Å². The SMILES string of the molecule is COc1nc(OCc2cccc(-c3cccc(COc4ccc(CNC[C@@H](O)CC(=O)O)c(OC)n4)c3F)c2C)ccc1CNC[C@@H](O)CC(=O)O. The average Bonchev–Trinajstić information content (AvgIpc) is 3.11. The predicted molar refractivity (Wildman–Crippen MR) is 187 cm³/mol. The lowest BCUT2D eigenvalue weighted by Crippen LogP contribution is -2.28. The van der Waals surface area contributed by atoms with Gasteiger partial charge in [-0.2, -0.15) is 9.97 Å². The normalized spacial score (nSPS) is 12.2. The number of benzene rings is 2. The van der Waals surface area contributed by atoms with Gasteiger partial charge in [-0.05, 0) is 35.7 Å². The van der Waals surface area contributed by atoms with Gasteiger partial charge < -0.3 is 50.0 Å². The number of aliphatic carboxylic acids is 2. The van der Waals surface area contributed by atoms with Crippen LogP contribution in [0.3, 0.4) is 0 Å². The highest BCUT2D eigenvalue weighted by molar-refractivity contribution is 5.70. The van der Waals surface area contributed by atoms with Crippen molar-refractivity contribution in [3.63, 3.8) is 0 Å². The number of hydrogen-bond donors (Lipinski definition) is 6. The molecule has 0 unspecified atom stereocenters. The molecule has 0 saturated carbocycles. The number of ether oxygens (including phenoxy) is 4. The van der Waals surface area contributed by atoms with Gasteiger partial charge in [-0.25, -0.2) is 4.39 Å². The molecule has 0 fully saturated rings. The van der Waals surface area contributed by atoms with Crippen molar-refractivity contribution < 1.29 is 53.4 Å². The molecule has 0 spiro atoms. The summed E-state index contributed by atoms with van der Waals surface area (Å²) in [6.45, 7) is 2.67. The summed E-state index contributed by atoms with van der Waals surface area (Å²) >= 11 is 0. The van der Waals surface area contributed by atoms with Crippen molar-refractivity contribution in [2.45, 2.75) is 58.3 Å². The second-order valence-corrected chi connectivity index (χ2v) is 11.8. The molecule has 2 atom stereocenters. The van der Waals surface area contributed by atoms with Crippen LogP contribution in [0.15, 0.2) is 60.7 Å². The van der Waals surface area contributed by atoms with Gasteiger partial charge in [0, 0.05) is 60.6 Å². The largest absolute Gasteiger partial charge is 0.481 e. The first kappa shape index (κ1) is 39.4. The van der Waals surface area contributed by atoms with Crippen LogP contribution in [0.5, 0.6) is 23.5 Å². The molecule has 4 aromatic rings. The third-order valence-electron chi connectivity index (χ3n) is 7.99. The number of carbonyl (C=O) groups is 2. The van der Waals surface area contributed by atoms with Crippen molar-refractivity contribution in [3.05, 3.63) is 94.3 Å². The number of hydrogen-bond acceptors (Lipinski definition) is 12. The van der Waals surface area contributed by atoms with Crippen molar-refractivity contribution in [1.82, 2.24) is 20.6 Å². The topological polar surface area (TPSA) is 202 Å². The van der Waals surface area contributed by atoms with E-state index in [9.17, 15) is 19.8 Å². The lowest BCUT2D eigenvalue weighted by Gasteiger charge is -2.16. The fourth-order valence-corrected chi connectivity index (χ4v) is 5.32. The second kappa shape index (κ2) is 19.3. The highest BCUT2D eigenvalue weighted by atomic mass is 19.1. The minimum atomic E-state index is -1.09. The van der Waals surface area contributed by atoms with E-state index in [4.69, 9.17) is 29.2 Å². The number of nitrogens with zero attached hydrogens (tertiary/aromatic N) is 2. The van der Waals surface area contributed by atoms with E-state index in [0.29, 0.717) is 46.1 Å². The predicted octanol–water partition coefficient (Wildman–Crippen LogP) is 3.62. The fraction of sp³-hybridized carbons (Fsp3) is 0.351. The summed E-state index contributed by atoms with van der Waals surface area (Å²) in [5.74, 6) is -1.50. The van der Waals surface area contributed by atoms with E-state index in [0.717, 1.165) is 11.1 Å². The number of carboxylic acids is 2. The molecule has 14 nitrogen and oxygen atoms in total. The third kappa shape index (κ3) is 11.3. The Hall–Kier alpha value is -5.35. The van der Waals surface area contributed by atoms with Crippen molar-refractivity contribution >= 4 is 11.9 Å². The quantitative estimate of drug-likeness (QED) is 0.0728. The van der Waals surface area contributed by atoms with Gasteiger partial charge in [-0.15, -0.1) is 0 Å². The molecule has 2 aromatic heterocycles. The van der Waals surface area contributed by atoms with Crippen LogP contribution in [0.4, 0.5) is 4.39 Å². The average molecular weight is 723 g/mol. The standard InChI is InChI=1S/C37H43FN4O10/c1-22-25(20-51-31-12-10-23(36(41-31)49-2)16-39-18-27(43)14-33(45)46)6-4-8-29(22)30-9-5-7-26(35(30)38)21-52-32-13-11-24(37(42-32)50-3)17-40-19-28(44)15-34(47)48/h4-13,27-28,39-40,43-44H,14-21H2,1-3H3,(H,45,46)(H,47,48)/t27-,28-/m0/s1. The molecule has 0 bridgehead atoms. The molecule has 0 saturated heterocycles. The van der Waals surface area contributed by atoms with Crippen molar-refractivity contribution in [2.75, 3.05) is 27.3 Å². The van der Waals surface area contributed by atoms with Crippen LogP contribution >= 0.6 is 0 Å². The van der Waals surface area contributed by atoms with Crippen LogP contribution in [0.25, 0.3) is 11.1 Å². The van der Waals surface area contributed by atoms with Crippen molar-refractivity contribution in [3.8, 4) is 34.6 Å². The zero-order chi connectivity index (χ0) is 37.6. The van der Waals surface area contributed by atoms with Gasteiger partial charge in [0.1, 0.15) is 19.0 Å². The van der Waals surface area contributed by atoms with E-state index in [2.05, 4.69) is 20.6 Å². The lowest BCUT2D eigenvalue weighted by molar-refractivity contribution is -0.140. The Kier molecular flexibility index (Phi) is 14.6. The Morgan fingerprint density at radius 1 is 0.692 bits per heavy atom. The van der Waals surface area contributed by atoms with Gasteiger partial charge in [0.15, 0.2) is 0 Å². The molecule has 278 valence electrons. The van der Waals surface area contributed by atoms with E-state index in [1.54, 1.807) is 42.5 Å². The summed E-state index contributed by atoms with van der Waals surface area (Å²) in [6, 6.07) is 17.4. The number of aliphatic hydroxyl groups is 2. The molecule has 0 aliphatic heterocycles. The van der Waals surface area contributed by atoms with Gasteiger partial charge in [0.2, 0.25) is 23.5 Å². The minimum Gasteiger partial charge on any atom is -0.481 e. The summed E-state index contributed by atoms with van der Waals surface area (Å²) in [6.07, 6.45) is -2.79. The Balaban J connectivity index is 1.39. The molecule has 15 heteroatoms. The van der Waals surface area contributed by atoms with E-state index in [1.807, 2.05) is 25.1 Å². The number of halogens is 1. The van der Waals surface area contributed by atoms with Crippen LogP contribution < -0.4 is 29.6 Å². The van der Waals surface area contributed by atoms with Gasteiger partial charge in [-0.1, -0.05) is 36.4 Å². The summed E-state index contributed by atoms with van der Waals surface area (Å²) < 4.78 is 38.5. The zero-order valence-corrected chi connectivity index (χ0v) is 29.1. The highest BCUT2D eigenvalue weighted by Crippen LogP contribution is 2.31. The number of pyridine rings is 2. The van der Waals surface area contributed by atoms with Crippen molar-refractivity contribution in [2.24, 2.45) is 0 Å². The zero-order valence-electron chi connectivity index (χ0n) is 29.1. The highest BCUT2D eigenvalue weighted by Gasteiger charge is 2.17. The number of rotatable bonds is 21. The maximum absolute atomic E-state index is 15.9. The van der Waals surface area contributed by atoms with Crippen LogP contribution in [-0.2, 0) is 35.9 Å². The molecular formula is C37H43FN4O10. The molecule has 0 aliphatic carbocycles. The van der Waals surface area contributed by atoms with Crippen LogP contribution in [0.2, 0.25) is 0 Å². The van der Waals surface area contributed by atoms with E-state index >= 15 is 4.39 Å². The van der Waals surface area contributed by atoms with E-state index in [1.165, 1.54) is 14.2 Å². The summed E-state index contributed by atoms with van der Waals surface area (Å²) in [4.78, 5) is 30.3. The number of aliphatic hydroxyl groups excluding tert-OH is 2. The first-order valence-corrected chi connectivity index (χ1v) is 16.4.